The van der Waals surface area contributed by atoms with Crippen LogP contribution in [0.1, 0.15) is 31.9 Å². The van der Waals surface area contributed by atoms with E-state index >= 15 is 0 Å². The van der Waals surface area contributed by atoms with Crippen molar-refractivity contribution in [1.29, 1.82) is 0 Å². The maximum absolute atomic E-state index is 11.7. The number of sulfone groups is 1. The van der Waals surface area contributed by atoms with Gasteiger partial charge in [0.25, 0.3) is 0 Å². The van der Waals surface area contributed by atoms with E-state index in [1.54, 1.807) is 0 Å². The Balaban J connectivity index is 2.26. The minimum absolute atomic E-state index is 0.0531. The molecule has 1 aromatic carbocycles. The average molecular weight is 376 g/mol. The molecule has 0 aliphatic carbocycles. The van der Waals surface area contributed by atoms with Crippen molar-refractivity contribution in [3.05, 3.63) is 28.2 Å². The molecule has 2 atom stereocenters. The molecule has 0 radical (unpaired) electrons. The minimum atomic E-state index is -2.88. The first kappa shape index (κ1) is 16.8. The molecule has 1 aromatic rings. The molecule has 1 fully saturated rings. The van der Waals surface area contributed by atoms with E-state index in [9.17, 15) is 8.42 Å². The topological polar surface area (TPSA) is 55.4 Å². The highest BCUT2D eigenvalue weighted by Gasteiger charge is 2.34. The number of benzene rings is 1. The number of ether oxygens (including phenoxy) is 1. The van der Waals surface area contributed by atoms with Crippen molar-refractivity contribution < 1.29 is 13.2 Å². The van der Waals surface area contributed by atoms with Gasteiger partial charge in [0, 0.05) is 10.5 Å². The van der Waals surface area contributed by atoms with E-state index in [0.717, 1.165) is 28.8 Å². The van der Waals surface area contributed by atoms with Crippen LogP contribution < -0.4 is 10.1 Å². The molecule has 1 aliphatic heterocycles. The van der Waals surface area contributed by atoms with E-state index in [0.29, 0.717) is 12.4 Å². The van der Waals surface area contributed by atoms with Gasteiger partial charge in [0.2, 0.25) is 0 Å². The normalized spacial score (nSPS) is 22.1. The van der Waals surface area contributed by atoms with Gasteiger partial charge in [-0.3, -0.25) is 0 Å². The lowest BCUT2D eigenvalue weighted by molar-refractivity contribution is 0.339. The van der Waals surface area contributed by atoms with Gasteiger partial charge in [-0.1, -0.05) is 28.9 Å². The van der Waals surface area contributed by atoms with Gasteiger partial charge in [0.05, 0.1) is 18.1 Å². The summed E-state index contributed by atoms with van der Waals surface area (Å²) in [5, 5.41) is 3.44. The molecule has 0 aromatic heterocycles. The Morgan fingerprint density at radius 2 is 2.19 bits per heavy atom. The molecule has 1 aliphatic rings. The van der Waals surface area contributed by atoms with Crippen molar-refractivity contribution in [2.45, 2.75) is 26.3 Å². The van der Waals surface area contributed by atoms with Crippen LogP contribution in [0.15, 0.2) is 22.7 Å². The second kappa shape index (κ2) is 7.11. The van der Waals surface area contributed by atoms with Crippen LogP contribution in [-0.4, -0.2) is 33.1 Å². The first-order chi connectivity index (χ1) is 9.96. The lowest BCUT2D eigenvalue weighted by Gasteiger charge is -2.25. The molecule has 1 heterocycles. The smallest absolute Gasteiger partial charge is 0.150 e. The second-order valence-corrected chi connectivity index (χ2v) is 8.40. The Bertz CT molecular complexity index is 589. The van der Waals surface area contributed by atoms with Crippen molar-refractivity contribution in [3.63, 3.8) is 0 Å². The van der Waals surface area contributed by atoms with Crippen LogP contribution in [0.3, 0.4) is 0 Å². The molecule has 0 saturated carbocycles. The van der Waals surface area contributed by atoms with Crippen molar-refractivity contribution in [2.75, 3.05) is 24.7 Å². The fourth-order valence-corrected chi connectivity index (χ4v) is 5.30. The summed E-state index contributed by atoms with van der Waals surface area (Å²) in [6, 6.07) is 5.97. The number of nitrogens with one attached hydrogen (secondary N) is 1. The Morgan fingerprint density at radius 1 is 1.43 bits per heavy atom. The number of hydrogen-bond donors (Lipinski definition) is 1. The Morgan fingerprint density at radius 3 is 2.71 bits per heavy atom. The molecule has 2 rings (SSSR count). The zero-order chi connectivity index (χ0) is 15.5. The van der Waals surface area contributed by atoms with Crippen LogP contribution in [0.2, 0.25) is 0 Å². The van der Waals surface area contributed by atoms with Crippen molar-refractivity contribution in [2.24, 2.45) is 5.92 Å². The number of hydrogen-bond acceptors (Lipinski definition) is 4. The van der Waals surface area contributed by atoms with Crippen LogP contribution >= 0.6 is 15.9 Å². The third-order valence-electron chi connectivity index (χ3n) is 3.78. The van der Waals surface area contributed by atoms with E-state index in [1.165, 1.54) is 0 Å². The minimum Gasteiger partial charge on any atom is -0.494 e. The fraction of sp³-hybridized carbons (Fsp3) is 0.600. The molecule has 1 N–H and O–H groups in total. The Hall–Kier alpha value is -0.590. The molecule has 4 nitrogen and oxygen atoms in total. The summed E-state index contributed by atoms with van der Waals surface area (Å²) in [6.07, 6.45) is 0.722. The Labute approximate surface area is 135 Å². The number of rotatable bonds is 6. The van der Waals surface area contributed by atoms with Crippen LogP contribution in [-0.2, 0) is 9.84 Å². The molecular formula is C15H22BrNO3S. The zero-order valence-corrected chi connectivity index (χ0v) is 14.8. The third-order valence-corrected chi connectivity index (χ3v) is 6.26. The molecule has 0 bridgehead atoms. The van der Waals surface area contributed by atoms with Gasteiger partial charge in [-0.25, -0.2) is 8.42 Å². The first-order valence-corrected chi connectivity index (χ1v) is 9.94. The maximum atomic E-state index is 11.7. The van der Waals surface area contributed by atoms with E-state index in [-0.39, 0.29) is 17.7 Å². The van der Waals surface area contributed by atoms with Crippen molar-refractivity contribution in [1.82, 2.24) is 5.32 Å². The van der Waals surface area contributed by atoms with Crippen molar-refractivity contribution >= 4 is 25.8 Å². The summed E-state index contributed by atoms with van der Waals surface area (Å²) in [5.74, 6) is 1.52. The van der Waals surface area contributed by atoms with E-state index in [4.69, 9.17) is 4.74 Å². The molecule has 2 unspecified atom stereocenters. The van der Waals surface area contributed by atoms with E-state index < -0.39 is 9.84 Å². The van der Waals surface area contributed by atoms with Crippen LogP contribution in [0.25, 0.3) is 0 Å². The van der Waals surface area contributed by atoms with Gasteiger partial charge in [0.1, 0.15) is 5.75 Å². The Kier molecular flexibility index (Phi) is 5.68. The highest BCUT2D eigenvalue weighted by Crippen LogP contribution is 2.36. The quantitative estimate of drug-likeness (QED) is 0.830. The lowest BCUT2D eigenvalue weighted by Crippen LogP contribution is -2.29. The van der Waals surface area contributed by atoms with Gasteiger partial charge in [-0.15, -0.1) is 0 Å². The largest absolute Gasteiger partial charge is 0.494 e. The van der Waals surface area contributed by atoms with Crippen LogP contribution in [0, 0.1) is 5.92 Å². The predicted octanol–water partition coefficient (Wildman–Crippen LogP) is 2.93. The van der Waals surface area contributed by atoms with E-state index in [1.807, 2.05) is 32.0 Å². The lowest BCUT2D eigenvalue weighted by atomic mass is 9.92. The summed E-state index contributed by atoms with van der Waals surface area (Å²) in [6.45, 7) is 5.43. The zero-order valence-electron chi connectivity index (χ0n) is 12.4. The standard InChI is InChI=1S/C15H22BrNO3S/c1-3-17-15(11-7-8-21(18,19)10-11)13-6-5-12(20-4-2)9-14(13)16/h5-6,9,11,15,17H,3-4,7-8,10H2,1-2H3. The van der Waals surface area contributed by atoms with E-state index in [2.05, 4.69) is 21.2 Å². The summed E-state index contributed by atoms with van der Waals surface area (Å²) < 4.78 is 29.9. The number of halogens is 1. The third kappa shape index (κ3) is 4.20. The fourth-order valence-electron chi connectivity index (χ4n) is 2.85. The van der Waals surface area contributed by atoms with Gasteiger partial charge in [-0.2, -0.15) is 0 Å². The van der Waals surface area contributed by atoms with Gasteiger partial charge in [-0.05, 0) is 43.5 Å². The molecule has 21 heavy (non-hydrogen) atoms. The monoisotopic (exact) mass is 375 g/mol. The molecule has 0 spiro atoms. The molecular weight excluding hydrogens is 354 g/mol. The highest BCUT2D eigenvalue weighted by atomic mass is 79.9. The first-order valence-electron chi connectivity index (χ1n) is 7.33. The molecule has 6 heteroatoms. The summed E-state index contributed by atoms with van der Waals surface area (Å²) in [7, 11) is -2.88. The average Bonchev–Trinajstić information content (AvgIpc) is 2.77. The summed E-state index contributed by atoms with van der Waals surface area (Å²) in [4.78, 5) is 0. The summed E-state index contributed by atoms with van der Waals surface area (Å²) >= 11 is 3.59. The highest BCUT2D eigenvalue weighted by molar-refractivity contribution is 9.10. The molecule has 1 saturated heterocycles. The molecule has 118 valence electrons. The van der Waals surface area contributed by atoms with Crippen molar-refractivity contribution in [3.8, 4) is 5.75 Å². The van der Waals surface area contributed by atoms with Crippen LogP contribution in [0.4, 0.5) is 0 Å². The van der Waals surface area contributed by atoms with Gasteiger partial charge >= 0.3 is 0 Å². The van der Waals surface area contributed by atoms with Crippen LogP contribution in [0.5, 0.6) is 5.75 Å². The molecule has 0 amide bonds. The second-order valence-electron chi connectivity index (χ2n) is 5.31. The maximum Gasteiger partial charge on any atom is 0.150 e. The van der Waals surface area contributed by atoms with Gasteiger partial charge in [0.15, 0.2) is 9.84 Å². The predicted molar refractivity (Wildman–Crippen MR) is 88.5 cm³/mol. The summed E-state index contributed by atoms with van der Waals surface area (Å²) in [5.41, 5.74) is 1.10. The SMILES string of the molecule is CCNC(c1ccc(OCC)cc1Br)C1CCS(=O)(=O)C1. The van der Waals surface area contributed by atoms with Gasteiger partial charge < -0.3 is 10.1 Å².